The van der Waals surface area contributed by atoms with Crippen molar-refractivity contribution in [2.24, 2.45) is 5.92 Å². The summed E-state index contributed by atoms with van der Waals surface area (Å²) in [6, 6.07) is 8.79. The van der Waals surface area contributed by atoms with Crippen molar-refractivity contribution in [2.45, 2.75) is 43.9 Å². The number of amides is 1. The van der Waals surface area contributed by atoms with Gasteiger partial charge in [0.2, 0.25) is 5.91 Å². The summed E-state index contributed by atoms with van der Waals surface area (Å²) >= 11 is 0. The number of fused-ring (bicyclic) bond motifs is 1. The maximum Gasteiger partial charge on any atom is 0.416 e. The number of rotatable bonds is 8. The molecule has 2 aromatic carbocycles. The van der Waals surface area contributed by atoms with Crippen molar-refractivity contribution in [3.8, 4) is 11.5 Å². The largest absolute Gasteiger partial charge is 0.493 e. The van der Waals surface area contributed by atoms with Gasteiger partial charge in [-0.2, -0.15) is 13.2 Å². The van der Waals surface area contributed by atoms with Gasteiger partial charge in [0.1, 0.15) is 0 Å². The summed E-state index contributed by atoms with van der Waals surface area (Å²) in [6.45, 7) is 0.673. The number of carbonyl (C=O) groups excluding carboxylic acids is 1. The number of nitrogens with zero attached hydrogens (tertiary/aromatic N) is 1. The van der Waals surface area contributed by atoms with Gasteiger partial charge in [0.25, 0.3) is 0 Å². The third kappa shape index (κ3) is 5.85. The third-order valence-electron chi connectivity index (χ3n) is 7.32. The van der Waals surface area contributed by atoms with Crippen molar-refractivity contribution in [1.29, 1.82) is 0 Å². The fourth-order valence-corrected chi connectivity index (χ4v) is 5.44. The Bertz CT molecular complexity index is 1160. The molecule has 1 N–H and O–H groups in total. The van der Waals surface area contributed by atoms with Gasteiger partial charge >= 0.3 is 6.18 Å². The number of ether oxygens (including phenoxy) is 2. The van der Waals surface area contributed by atoms with Crippen LogP contribution in [0.15, 0.2) is 60.7 Å². The molecule has 0 spiro atoms. The average Bonchev–Trinajstić information content (AvgIpc) is 2.91. The second kappa shape index (κ2) is 11.4. The normalized spacial score (nSPS) is 20.3. The summed E-state index contributed by atoms with van der Waals surface area (Å²) < 4.78 is 50.2. The molecular weight excluding hydrogens is 481 g/mol. The fraction of sp³-hybridized carbons (Fsp3) is 0.414. The average molecular weight is 515 g/mol. The summed E-state index contributed by atoms with van der Waals surface area (Å²) in [5.74, 6) is 1.23. The van der Waals surface area contributed by atoms with E-state index in [1.54, 1.807) is 21.3 Å². The zero-order chi connectivity index (χ0) is 26.6. The molecule has 0 aromatic heterocycles. The molecule has 1 aliphatic heterocycles. The standard InChI is InChI=1S/C29H33F3N2O3/c1-33-28(35)27(20-7-5-4-6-8-20)34-16-15-21-17-25(36-2)26(37-3)18-23(21)24(34)14-11-19-9-12-22(13-10-19)29(30,31)32/h4-7,9-10,12-13,17-18,20,24,27H,8,11,14-16H2,1-3H3,(H,33,35)/t20?,24-,27+/m0/s1. The molecule has 198 valence electrons. The molecule has 1 amide bonds. The van der Waals surface area contributed by atoms with E-state index in [9.17, 15) is 18.0 Å². The smallest absolute Gasteiger partial charge is 0.416 e. The van der Waals surface area contributed by atoms with E-state index in [0.717, 1.165) is 41.7 Å². The van der Waals surface area contributed by atoms with Crippen molar-refractivity contribution < 1.29 is 27.4 Å². The lowest BCUT2D eigenvalue weighted by atomic mass is 9.83. The number of likely N-dealkylation sites (N-methyl/N-ethyl adjacent to an activating group) is 1. The zero-order valence-corrected chi connectivity index (χ0v) is 21.3. The Hall–Kier alpha value is -3.26. The highest BCUT2D eigenvalue weighted by atomic mass is 19.4. The fourth-order valence-electron chi connectivity index (χ4n) is 5.44. The molecule has 2 aromatic rings. The Morgan fingerprint density at radius 1 is 1.11 bits per heavy atom. The predicted octanol–water partition coefficient (Wildman–Crippen LogP) is 5.50. The summed E-state index contributed by atoms with van der Waals surface area (Å²) in [6.07, 6.45) is 6.45. The van der Waals surface area contributed by atoms with Gasteiger partial charge in [-0.25, -0.2) is 0 Å². The highest BCUT2D eigenvalue weighted by Gasteiger charge is 2.39. The van der Waals surface area contributed by atoms with Crippen LogP contribution in [0.1, 0.15) is 41.1 Å². The number of halogens is 3. The summed E-state index contributed by atoms with van der Waals surface area (Å²) in [5, 5.41) is 2.85. The van der Waals surface area contributed by atoms with E-state index in [2.05, 4.69) is 22.4 Å². The maximum absolute atomic E-state index is 13.2. The van der Waals surface area contributed by atoms with E-state index in [-0.39, 0.29) is 23.9 Å². The van der Waals surface area contributed by atoms with Gasteiger partial charge in [-0.3, -0.25) is 9.69 Å². The van der Waals surface area contributed by atoms with E-state index < -0.39 is 11.7 Å². The van der Waals surface area contributed by atoms with Gasteiger partial charge in [-0.1, -0.05) is 36.4 Å². The van der Waals surface area contributed by atoms with E-state index in [4.69, 9.17) is 9.47 Å². The van der Waals surface area contributed by atoms with Crippen LogP contribution in [0.5, 0.6) is 11.5 Å². The second-order valence-corrected chi connectivity index (χ2v) is 9.41. The maximum atomic E-state index is 13.2. The Kier molecular flexibility index (Phi) is 8.27. The summed E-state index contributed by atoms with van der Waals surface area (Å²) in [7, 11) is 4.85. The lowest BCUT2D eigenvalue weighted by Gasteiger charge is -2.44. The number of aryl methyl sites for hydroxylation is 1. The first kappa shape index (κ1) is 26.8. The number of carbonyl (C=O) groups is 1. The van der Waals surface area contributed by atoms with Gasteiger partial charge < -0.3 is 14.8 Å². The van der Waals surface area contributed by atoms with Gasteiger partial charge in [0.05, 0.1) is 25.8 Å². The SMILES string of the molecule is CNC(=O)[C@@H](C1C=CC=CC1)N1CCc2cc(OC)c(OC)cc2[C@@H]1CCc1ccc(C(F)(F)F)cc1. The summed E-state index contributed by atoms with van der Waals surface area (Å²) in [5.41, 5.74) is 2.34. The van der Waals surface area contributed by atoms with Crippen LogP contribution in [0.3, 0.4) is 0 Å². The van der Waals surface area contributed by atoms with Gasteiger partial charge in [-0.15, -0.1) is 0 Å². The van der Waals surface area contributed by atoms with Crippen LogP contribution in [0.25, 0.3) is 0 Å². The quantitative estimate of drug-likeness (QED) is 0.506. The van der Waals surface area contributed by atoms with E-state index in [1.807, 2.05) is 24.3 Å². The van der Waals surface area contributed by atoms with Crippen molar-refractivity contribution in [2.75, 3.05) is 27.8 Å². The number of allylic oxidation sites excluding steroid dienone is 3. The Morgan fingerprint density at radius 3 is 2.41 bits per heavy atom. The first-order valence-corrected chi connectivity index (χ1v) is 12.5. The number of hydrogen-bond acceptors (Lipinski definition) is 4. The van der Waals surface area contributed by atoms with Crippen LogP contribution in [0, 0.1) is 5.92 Å². The monoisotopic (exact) mass is 514 g/mol. The topological polar surface area (TPSA) is 50.8 Å². The first-order chi connectivity index (χ1) is 17.8. The molecule has 1 aliphatic carbocycles. The van der Waals surface area contributed by atoms with Crippen molar-refractivity contribution in [3.05, 3.63) is 83.0 Å². The van der Waals surface area contributed by atoms with Gasteiger partial charge in [0.15, 0.2) is 11.5 Å². The van der Waals surface area contributed by atoms with Crippen LogP contribution in [0.4, 0.5) is 13.2 Å². The van der Waals surface area contributed by atoms with Gasteiger partial charge in [-0.05, 0) is 66.6 Å². The van der Waals surface area contributed by atoms with Crippen LogP contribution < -0.4 is 14.8 Å². The number of methoxy groups -OCH3 is 2. The minimum absolute atomic E-state index is 0.0141. The van der Waals surface area contributed by atoms with Crippen LogP contribution in [-0.4, -0.2) is 44.7 Å². The lowest BCUT2D eigenvalue weighted by Crippen LogP contribution is -2.53. The van der Waals surface area contributed by atoms with Crippen molar-refractivity contribution in [1.82, 2.24) is 10.2 Å². The minimum atomic E-state index is -4.37. The van der Waals surface area contributed by atoms with Crippen LogP contribution >= 0.6 is 0 Å². The highest BCUT2D eigenvalue weighted by Crippen LogP contribution is 2.42. The molecule has 2 aliphatic rings. The molecule has 0 saturated carbocycles. The van der Waals surface area contributed by atoms with E-state index in [0.29, 0.717) is 30.9 Å². The predicted molar refractivity (Wildman–Crippen MR) is 137 cm³/mol. The Labute approximate surface area is 215 Å². The van der Waals surface area contributed by atoms with Gasteiger partial charge in [0, 0.05) is 25.6 Å². The molecule has 0 saturated heterocycles. The lowest BCUT2D eigenvalue weighted by molar-refractivity contribution is -0.137. The number of nitrogens with one attached hydrogen (secondary N) is 1. The van der Waals surface area contributed by atoms with Crippen molar-refractivity contribution >= 4 is 5.91 Å². The molecule has 0 fully saturated rings. The second-order valence-electron chi connectivity index (χ2n) is 9.41. The molecule has 4 rings (SSSR count). The first-order valence-electron chi connectivity index (χ1n) is 12.5. The zero-order valence-electron chi connectivity index (χ0n) is 21.3. The molecule has 0 bridgehead atoms. The van der Waals surface area contributed by atoms with Crippen LogP contribution in [0.2, 0.25) is 0 Å². The molecular formula is C29H33F3N2O3. The van der Waals surface area contributed by atoms with E-state index >= 15 is 0 Å². The Morgan fingerprint density at radius 2 is 1.81 bits per heavy atom. The Balaban J connectivity index is 1.70. The van der Waals surface area contributed by atoms with Crippen molar-refractivity contribution in [3.63, 3.8) is 0 Å². The molecule has 0 radical (unpaired) electrons. The number of hydrogen-bond donors (Lipinski definition) is 1. The molecule has 1 heterocycles. The molecule has 1 unspecified atom stereocenters. The molecule has 5 nitrogen and oxygen atoms in total. The van der Waals surface area contributed by atoms with E-state index in [1.165, 1.54) is 12.1 Å². The molecule has 8 heteroatoms. The number of benzene rings is 2. The highest BCUT2D eigenvalue weighted by molar-refractivity contribution is 5.82. The summed E-state index contributed by atoms with van der Waals surface area (Å²) in [4.78, 5) is 15.5. The molecule has 3 atom stereocenters. The third-order valence-corrected chi connectivity index (χ3v) is 7.32. The molecule has 37 heavy (non-hydrogen) atoms. The minimum Gasteiger partial charge on any atom is -0.493 e. The number of alkyl halides is 3. The van der Waals surface area contributed by atoms with Crippen LogP contribution in [-0.2, 0) is 23.8 Å².